The van der Waals surface area contributed by atoms with Crippen LogP contribution in [0, 0.1) is 0 Å². The van der Waals surface area contributed by atoms with Gasteiger partial charge in [0.1, 0.15) is 5.52 Å². The van der Waals surface area contributed by atoms with Gasteiger partial charge in [-0.2, -0.15) is 0 Å². The highest BCUT2D eigenvalue weighted by atomic mass is 16.3. The average molecular weight is 501 g/mol. The summed E-state index contributed by atoms with van der Waals surface area (Å²) in [5.74, 6) is 0. The Balaban J connectivity index is 1.48. The molecule has 0 aliphatic heterocycles. The fourth-order valence-corrected chi connectivity index (χ4v) is 6.29. The molecule has 0 bridgehead atoms. The van der Waals surface area contributed by atoms with Gasteiger partial charge in [-0.15, -0.1) is 0 Å². The first-order valence-corrected chi connectivity index (χ1v) is 13.0. The van der Waals surface area contributed by atoms with Gasteiger partial charge in [0.05, 0.1) is 38.8 Å². The predicted molar refractivity (Wildman–Crippen MR) is 158 cm³/mol. The molecule has 5 heteroatoms. The Morgan fingerprint density at radius 1 is 0.462 bits per heavy atom. The Morgan fingerprint density at radius 3 is 1.44 bits per heavy atom. The third-order valence-electron chi connectivity index (χ3n) is 7.86. The monoisotopic (exact) mass is 500 g/mol. The second-order valence-corrected chi connectivity index (χ2v) is 9.86. The molecule has 5 nitrogen and oxygen atoms in total. The van der Waals surface area contributed by atoms with Crippen LogP contribution in [0.1, 0.15) is 0 Å². The molecule has 0 N–H and O–H groups in total. The molecule has 9 aromatic rings. The minimum Gasteiger partial charge on any atom is -0.434 e. The number of nitrogens with zero attached hydrogens (tertiary/aromatic N) is 4. The largest absolute Gasteiger partial charge is 0.434 e. The number of hydrogen-bond donors (Lipinski definition) is 0. The van der Waals surface area contributed by atoms with Crippen LogP contribution < -0.4 is 0 Å². The first-order valence-electron chi connectivity index (χ1n) is 13.0. The fraction of sp³-hybridized carbons (Fsp3) is 0. The SMILES string of the molecule is c1ccc2c(c1)c1ccccc1n2-c1ccc(-n2c3ccccc3c3ccccc32)c2c1oc1nccnc12. The summed E-state index contributed by atoms with van der Waals surface area (Å²) in [7, 11) is 0. The molecular weight excluding hydrogens is 480 g/mol. The molecular formula is C34H20N4O. The number of benzene rings is 5. The number of furan rings is 1. The average Bonchev–Trinajstić information content (AvgIpc) is 3.65. The lowest BCUT2D eigenvalue weighted by Gasteiger charge is -2.13. The Bertz CT molecular complexity index is 2300. The van der Waals surface area contributed by atoms with Crippen LogP contribution in [0.2, 0.25) is 0 Å². The van der Waals surface area contributed by atoms with Crippen molar-refractivity contribution < 1.29 is 4.42 Å². The maximum Gasteiger partial charge on any atom is 0.246 e. The van der Waals surface area contributed by atoms with Crippen LogP contribution in [0.15, 0.2) is 126 Å². The number of para-hydroxylation sites is 4. The lowest BCUT2D eigenvalue weighted by molar-refractivity contribution is 0.650. The molecule has 0 saturated heterocycles. The van der Waals surface area contributed by atoms with Crippen LogP contribution in [0.25, 0.3) is 77.2 Å². The summed E-state index contributed by atoms with van der Waals surface area (Å²) in [5.41, 5.74) is 8.58. The van der Waals surface area contributed by atoms with Crippen LogP contribution >= 0.6 is 0 Å². The van der Waals surface area contributed by atoms with Crippen molar-refractivity contribution in [3.05, 3.63) is 122 Å². The van der Waals surface area contributed by atoms with Crippen LogP contribution in [0.3, 0.4) is 0 Å². The van der Waals surface area contributed by atoms with Crippen LogP contribution in [-0.2, 0) is 0 Å². The molecule has 39 heavy (non-hydrogen) atoms. The van der Waals surface area contributed by atoms with Crippen molar-refractivity contribution in [1.29, 1.82) is 0 Å². The van der Waals surface area contributed by atoms with E-state index in [1.807, 2.05) is 0 Å². The van der Waals surface area contributed by atoms with Gasteiger partial charge < -0.3 is 13.6 Å². The maximum absolute atomic E-state index is 6.56. The smallest absolute Gasteiger partial charge is 0.246 e. The normalized spacial score (nSPS) is 12.1. The molecule has 4 heterocycles. The van der Waals surface area contributed by atoms with E-state index in [2.05, 4.69) is 123 Å². The van der Waals surface area contributed by atoms with Gasteiger partial charge in [-0.1, -0.05) is 72.8 Å². The van der Waals surface area contributed by atoms with Crippen molar-refractivity contribution in [2.45, 2.75) is 0 Å². The van der Waals surface area contributed by atoms with E-state index in [4.69, 9.17) is 9.40 Å². The molecule has 0 unspecified atom stereocenters. The first-order chi connectivity index (χ1) is 19.4. The summed E-state index contributed by atoms with van der Waals surface area (Å²) in [4.78, 5) is 9.33. The molecule has 0 atom stereocenters. The number of aromatic nitrogens is 4. The second kappa shape index (κ2) is 7.55. The van der Waals surface area contributed by atoms with Gasteiger partial charge in [0, 0.05) is 33.9 Å². The highest BCUT2D eigenvalue weighted by Crippen LogP contribution is 2.41. The molecule has 0 spiro atoms. The van der Waals surface area contributed by atoms with E-state index >= 15 is 0 Å². The van der Waals surface area contributed by atoms with E-state index in [1.54, 1.807) is 12.4 Å². The van der Waals surface area contributed by atoms with Gasteiger partial charge >= 0.3 is 0 Å². The summed E-state index contributed by atoms with van der Waals surface area (Å²) in [5, 5.41) is 5.79. The molecule has 0 fully saturated rings. The van der Waals surface area contributed by atoms with E-state index < -0.39 is 0 Å². The molecule has 0 aliphatic carbocycles. The van der Waals surface area contributed by atoms with Crippen molar-refractivity contribution in [1.82, 2.24) is 19.1 Å². The van der Waals surface area contributed by atoms with Crippen molar-refractivity contribution in [2.24, 2.45) is 0 Å². The maximum atomic E-state index is 6.56. The van der Waals surface area contributed by atoms with E-state index in [0.717, 1.165) is 49.9 Å². The minimum atomic E-state index is 0.530. The molecule has 0 aliphatic rings. The van der Waals surface area contributed by atoms with Crippen LogP contribution in [0.5, 0.6) is 0 Å². The zero-order chi connectivity index (χ0) is 25.5. The van der Waals surface area contributed by atoms with E-state index in [0.29, 0.717) is 5.71 Å². The summed E-state index contributed by atoms with van der Waals surface area (Å²) < 4.78 is 11.2. The topological polar surface area (TPSA) is 48.8 Å². The second-order valence-electron chi connectivity index (χ2n) is 9.86. The highest BCUT2D eigenvalue weighted by Gasteiger charge is 2.23. The zero-order valence-corrected chi connectivity index (χ0v) is 20.7. The van der Waals surface area contributed by atoms with Gasteiger partial charge in [0.2, 0.25) is 5.71 Å². The molecule has 0 radical (unpaired) electrons. The quantitative estimate of drug-likeness (QED) is 0.239. The third-order valence-corrected chi connectivity index (χ3v) is 7.86. The first kappa shape index (κ1) is 20.6. The lowest BCUT2D eigenvalue weighted by atomic mass is 10.1. The van der Waals surface area contributed by atoms with E-state index in [9.17, 15) is 0 Å². The third kappa shape index (κ3) is 2.68. The lowest BCUT2D eigenvalue weighted by Crippen LogP contribution is -1.99. The van der Waals surface area contributed by atoms with Crippen molar-refractivity contribution in [3.63, 3.8) is 0 Å². The van der Waals surface area contributed by atoms with E-state index in [1.165, 1.54) is 21.5 Å². The van der Waals surface area contributed by atoms with Crippen molar-refractivity contribution in [3.8, 4) is 11.4 Å². The predicted octanol–water partition coefficient (Wildman–Crippen LogP) is 8.57. The zero-order valence-electron chi connectivity index (χ0n) is 20.7. The molecule has 0 amide bonds. The van der Waals surface area contributed by atoms with Gasteiger partial charge in [0.25, 0.3) is 0 Å². The van der Waals surface area contributed by atoms with Gasteiger partial charge in [0.15, 0.2) is 5.58 Å². The molecule has 9 rings (SSSR count). The Morgan fingerprint density at radius 2 is 0.897 bits per heavy atom. The van der Waals surface area contributed by atoms with Gasteiger partial charge in [-0.05, 0) is 36.4 Å². The number of rotatable bonds is 2. The van der Waals surface area contributed by atoms with Crippen LogP contribution in [-0.4, -0.2) is 19.1 Å². The van der Waals surface area contributed by atoms with Crippen LogP contribution in [0.4, 0.5) is 0 Å². The Labute approximate surface area is 222 Å². The molecule has 4 aromatic heterocycles. The number of fused-ring (bicyclic) bond motifs is 9. The summed E-state index contributed by atoms with van der Waals surface area (Å²) in [6.45, 7) is 0. The number of hydrogen-bond acceptors (Lipinski definition) is 3. The summed E-state index contributed by atoms with van der Waals surface area (Å²) >= 11 is 0. The fourth-order valence-electron chi connectivity index (χ4n) is 6.29. The van der Waals surface area contributed by atoms with Gasteiger partial charge in [-0.25, -0.2) is 9.97 Å². The van der Waals surface area contributed by atoms with Crippen molar-refractivity contribution in [2.75, 3.05) is 0 Å². The molecule has 0 saturated carbocycles. The van der Waals surface area contributed by atoms with E-state index in [-0.39, 0.29) is 0 Å². The molecule has 5 aromatic carbocycles. The Kier molecular flexibility index (Phi) is 3.99. The standard InChI is InChI=1S/C34H20N4O/c1-5-13-25-21(9-1)22-10-2-6-14-26(22)37(25)29-17-18-30(33-31(29)32-34(39-33)36-20-19-35-32)38-27-15-7-3-11-23(27)24-12-4-8-16-28(24)38/h1-20H. The summed E-state index contributed by atoms with van der Waals surface area (Å²) in [6.07, 6.45) is 3.42. The summed E-state index contributed by atoms with van der Waals surface area (Å²) in [6, 6.07) is 38.5. The highest BCUT2D eigenvalue weighted by molar-refractivity contribution is 6.16. The Hall–Kier alpha value is -5.42. The minimum absolute atomic E-state index is 0.530. The van der Waals surface area contributed by atoms with Crippen molar-refractivity contribution >= 4 is 65.8 Å². The van der Waals surface area contributed by atoms with Gasteiger partial charge in [-0.3, -0.25) is 0 Å². The molecule has 182 valence electrons.